The Morgan fingerprint density at radius 1 is 1.43 bits per heavy atom. The molecule has 2 aliphatic rings. The molecule has 3 rings (SSSR count). The second kappa shape index (κ2) is 6.16. The van der Waals surface area contributed by atoms with Crippen LogP contribution in [0.4, 0.5) is 0 Å². The van der Waals surface area contributed by atoms with Crippen LogP contribution in [-0.4, -0.2) is 71.6 Å². The number of sulfonamides is 1. The van der Waals surface area contributed by atoms with Gasteiger partial charge < -0.3 is 5.11 Å². The van der Waals surface area contributed by atoms with E-state index in [0.717, 1.165) is 32.6 Å². The van der Waals surface area contributed by atoms with Crippen molar-refractivity contribution in [3.63, 3.8) is 0 Å². The number of hydrogen-bond acceptors (Lipinski definition) is 5. The van der Waals surface area contributed by atoms with Crippen molar-refractivity contribution in [2.24, 2.45) is 11.3 Å². The number of hydrogen-bond donors (Lipinski definition) is 1. The van der Waals surface area contributed by atoms with Gasteiger partial charge >= 0.3 is 0 Å². The Balaban J connectivity index is 1.69. The van der Waals surface area contributed by atoms with Gasteiger partial charge in [0.1, 0.15) is 0 Å². The molecule has 0 radical (unpaired) electrons. The Bertz CT molecular complexity index is 659. The molecule has 7 nitrogen and oxygen atoms in total. The number of rotatable bonds is 5. The smallest absolute Gasteiger partial charge is 0.211 e. The fourth-order valence-corrected chi connectivity index (χ4v) is 4.82. The highest BCUT2D eigenvalue weighted by Gasteiger charge is 2.51. The molecule has 8 heteroatoms. The molecule has 2 saturated heterocycles. The largest absolute Gasteiger partial charge is 0.396 e. The second-order valence-electron chi connectivity index (χ2n) is 6.96. The number of aryl methyl sites for hydroxylation is 1. The molecule has 130 valence electrons. The Kier molecular flexibility index (Phi) is 4.52. The third-order valence-electron chi connectivity index (χ3n) is 5.39. The molecular weight excluding hydrogens is 316 g/mol. The minimum absolute atomic E-state index is 0.0608. The summed E-state index contributed by atoms with van der Waals surface area (Å²) in [6.07, 6.45) is 6.05. The lowest BCUT2D eigenvalue weighted by Crippen LogP contribution is -2.48. The number of nitrogens with zero attached hydrogens (tertiary/aromatic N) is 4. The van der Waals surface area contributed by atoms with Gasteiger partial charge in [-0.25, -0.2) is 12.7 Å². The predicted molar refractivity (Wildman–Crippen MR) is 87.2 cm³/mol. The monoisotopic (exact) mass is 342 g/mol. The first-order valence-electron chi connectivity index (χ1n) is 8.16. The van der Waals surface area contributed by atoms with E-state index in [0.29, 0.717) is 13.1 Å². The zero-order valence-electron chi connectivity index (χ0n) is 13.8. The Labute approximate surface area is 137 Å². The second-order valence-corrected chi connectivity index (χ2v) is 8.94. The molecule has 0 bridgehead atoms. The summed E-state index contributed by atoms with van der Waals surface area (Å²) in [6.45, 7) is 6.49. The Hall–Kier alpha value is -0.960. The lowest BCUT2D eigenvalue weighted by Gasteiger charge is -2.42. The van der Waals surface area contributed by atoms with Crippen LogP contribution in [0.15, 0.2) is 12.4 Å². The molecule has 2 aliphatic heterocycles. The summed E-state index contributed by atoms with van der Waals surface area (Å²) in [7, 11) is -3.20. The molecule has 0 saturated carbocycles. The molecule has 2 atom stereocenters. The van der Waals surface area contributed by atoms with E-state index >= 15 is 0 Å². The molecular formula is C15H26N4O3S. The topological polar surface area (TPSA) is 78.7 Å². The molecule has 0 aromatic carbocycles. The van der Waals surface area contributed by atoms with Crippen molar-refractivity contribution < 1.29 is 13.5 Å². The van der Waals surface area contributed by atoms with Crippen molar-refractivity contribution in [2.45, 2.75) is 26.4 Å². The summed E-state index contributed by atoms with van der Waals surface area (Å²) < 4.78 is 27.2. The van der Waals surface area contributed by atoms with Crippen LogP contribution in [0.25, 0.3) is 0 Å². The Morgan fingerprint density at radius 2 is 2.22 bits per heavy atom. The molecule has 1 aromatic heterocycles. The van der Waals surface area contributed by atoms with Gasteiger partial charge in [-0.15, -0.1) is 0 Å². The number of aromatic nitrogens is 2. The fraction of sp³-hybridized carbons (Fsp3) is 0.800. The molecule has 0 amide bonds. The summed E-state index contributed by atoms with van der Waals surface area (Å²) in [5.41, 5.74) is 0.911. The van der Waals surface area contributed by atoms with E-state index in [1.54, 1.807) is 0 Å². The summed E-state index contributed by atoms with van der Waals surface area (Å²) in [5.74, 6) is 0.192. The molecule has 1 N–H and O–H groups in total. The van der Waals surface area contributed by atoms with Gasteiger partial charge in [-0.2, -0.15) is 5.10 Å². The van der Waals surface area contributed by atoms with E-state index < -0.39 is 10.0 Å². The van der Waals surface area contributed by atoms with Crippen LogP contribution in [0.3, 0.4) is 0 Å². The van der Waals surface area contributed by atoms with Crippen LogP contribution in [-0.2, 0) is 23.1 Å². The van der Waals surface area contributed by atoms with Gasteiger partial charge in [0.25, 0.3) is 0 Å². The minimum Gasteiger partial charge on any atom is -0.396 e. The Morgan fingerprint density at radius 3 is 2.83 bits per heavy atom. The van der Waals surface area contributed by atoms with E-state index in [9.17, 15) is 13.5 Å². The number of likely N-dealkylation sites (tertiary alicyclic amines) is 1. The van der Waals surface area contributed by atoms with E-state index in [1.807, 2.05) is 10.9 Å². The van der Waals surface area contributed by atoms with Gasteiger partial charge in [0.2, 0.25) is 10.0 Å². The van der Waals surface area contributed by atoms with Gasteiger partial charge in [0.05, 0.1) is 19.1 Å². The van der Waals surface area contributed by atoms with Crippen molar-refractivity contribution in [2.75, 3.05) is 39.0 Å². The highest BCUT2D eigenvalue weighted by Crippen LogP contribution is 2.43. The van der Waals surface area contributed by atoms with E-state index in [2.05, 4.69) is 23.1 Å². The average Bonchev–Trinajstić information content (AvgIpc) is 3.11. The van der Waals surface area contributed by atoms with Gasteiger partial charge in [0, 0.05) is 49.9 Å². The van der Waals surface area contributed by atoms with E-state index in [-0.39, 0.29) is 17.9 Å². The lowest BCUT2D eigenvalue weighted by atomic mass is 9.73. The first-order valence-corrected chi connectivity index (χ1v) is 10.0. The molecule has 23 heavy (non-hydrogen) atoms. The van der Waals surface area contributed by atoms with Crippen LogP contribution >= 0.6 is 0 Å². The van der Waals surface area contributed by atoms with Crippen molar-refractivity contribution in [1.82, 2.24) is 19.0 Å². The third kappa shape index (κ3) is 3.31. The number of aliphatic hydroxyl groups excluding tert-OH is 1. The van der Waals surface area contributed by atoms with Gasteiger partial charge in [-0.1, -0.05) is 0 Å². The van der Waals surface area contributed by atoms with Crippen molar-refractivity contribution in [3.8, 4) is 0 Å². The fourth-order valence-electron chi connectivity index (χ4n) is 3.88. The molecule has 0 aliphatic carbocycles. The molecule has 0 unspecified atom stereocenters. The van der Waals surface area contributed by atoms with Gasteiger partial charge in [0.15, 0.2) is 0 Å². The van der Waals surface area contributed by atoms with Crippen molar-refractivity contribution >= 4 is 10.0 Å². The molecule has 2 fully saturated rings. The van der Waals surface area contributed by atoms with Crippen molar-refractivity contribution in [1.29, 1.82) is 0 Å². The number of aliphatic hydroxyl groups is 1. The highest BCUT2D eigenvalue weighted by molar-refractivity contribution is 7.88. The van der Waals surface area contributed by atoms with E-state index in [1.165, 1.54) is 16.1 Å². The zero-order chi connectivity index (χ0) is 16.7. The normalized spacial score (nSPS) is 29.8. The van der Waals surface area contributed by atoms with Gasteiger partial charge in [-0.05, 0) is 25.8 Å². The summed E-state index contributed by atoms with van der Waals surface area (Å²) in [6, 6.07) is 0. The maximum atomic E-state index is 11.9. The average molecular weight is 342 g/mol. The lowest BCUT2D eigenvalue weighted by molar-refractivity contribution is 0.0170. The van der Waals surface area contributed by atoms with Crippen molar-refractivity contribution in [3.05, 3.63) is 18.0 Å². The zero-order valence-corrected chi connectivity index (χ0v) is 14.7. The predicted octanol–water partition coefficient (Wildman–Crippen LogP) is -0.0212. The first kappa shape index (κ1) is 16.9. The van der Waals surface area contributed by atoms with Crippen LogP contribution in [0.2, 0.25) is 0 Å². The molecule has 0 spiro atoms. The van der Waals surface area contributed by atoms with Crippen LogP contribution in [0.1, 0.15) is 18.9 Å². The number of piperidine rings is 1. The van der Waals surface area contributed by atoms with E-state index in [4.69, 9.17) is 0 Å². The van der Waals surface area contributed by atoms with Crippen LogP contribution < -0.4 is 0 Å². The summed E-state index contributed by atoms with van der Waals surface area (Å²) in [5, 5.41) is 14.2. The third-order valence-corrected chi connectivity index (χ3v) is 6.60. The standard InChI is InChI=1S/C15H26N4O3S/c1-3-18-8-13(6-16-18)7-17-5-4-15(12-20)11-19(23(2,21)22)10-14(15)9-17/h6,8,14,20H,3-5,7,9-12H2,1-2H3/t14-,15+/m1/s1. The summed E-state index contributed by atoms with van der Waals surface area (Å²) >= 11 is 0. The SMILES string of the molecule is CCn1cc(CN2CC[C@@]3(CO)CN(S(C)(=O)=O)C[C@H]3C2)cn1. The van der Waals surface area contributed by atoms with Crippen LogP contribution in [0, 0.1) is 11.3 Å². The first-order chi connectivity index (χ1) is 10.9. The minimum atomic E-state index is -3.20. The molecule has 3 heterocycles. The molecule has 1 aromatic rings. The summed E-state index contributed by atoms with van der Waals surface area (Å²) in [4.78, 5) is 2.35. The van der Waals surface area contributed by atoms with Crippen LogP contribution in [0.5, 0.6) is 0 Å². The number of fused-ring (bicyclic) bond motifs is 1. The quantitative estimate of drug-likeness (QED) is 0.814. The maximum absolute atomic E-state index is 11.9. The van der Waals surface area contributed by atoms with Gasteiger partial charge in [-0.3, -0.25) is 9.58 Å². The maximum Gasteiger partial charge on any atom is 0.211 e. The highest BCUT2D eigenvalue weighted by atomic mass is 32.2.